The van der Waals surface area contributed by atoms with Crippen molar-refractivity contribution in [3.05, 3.63) is 54.5 Å². The summed E-state index contributed by atoms with van der Waals surface area (Å²) in [6, 6.07) is 2.88. The highest BCUT2D eigenvalue weighted by Gasteiger charge is 2.38. The van der Waals surface area contributed by atoms with E-state index in [4.69, 9.17) is 0 Å². The van der Waals surface area contributed by atoms with Gasteiger partial charge in [-0.1, -0.05) is 13.8 Å². The molecule has 4 aromatic carbocycles. The van der Waals surface area contributed by atoms with E-state index in [1.165, 1.54) is 12.1 Å². The molecule has 0 spiro atoms. The van der Waals surface area contributed by atoms with Gasteiger partial charge in [0.05, 0.1) is 21.6 Å². The molecule has 0 aliphatic heterocycles. The molecule has 7 nitrogen and oxygen atoms in total. The first-order valence-electron chi connectivity index (χ1n) is 11.4. The Morgan fingerprint density at radius 1 is 0.829 bits per heavy atom. The molecule has 5 rings (SSSR count). The Balaban J connectivity index is 0.00000289. The maximum Gasteiger partial charge on any atom is 0.198 e. The first-order valence-corrected chi connectivity index (χ1v) is 11.4. The van der Waals surface area contributed by atoms with Gasteiger partial charge in [0.25, 0.3) is 0 Å². The number of rotatable bonds is 4. The lowest BCUT2D eigenvalue weighted by molar-refractivity contribution is 0.290. The van der Waals surface area contributed by atoms with Gasteiger partial charge in [-0.25, -0.2) is 0 Å². The predicted octanol–water partition coefficient (Wildman–Crippen LogP) is 3.67. The smallest absolute Gasteiger partial charge is 0.198 e. The van der Waals surface area contributed by atoms with Gasteiger partial charge >= 0.3 is 0 Å². The fourth-order valence-electron chi connectivity index (χ4n) is 5.63. The van der Waals surface area contributed by atoms with Gasteiger partial charge in [0.15, 0.2) is 10.9 Å². The van der Waals surface area contributed by atoms with Crippen LogP contribution in [0.3, 0.4) is 0 Å². The quantitative estimate of drug-likeness (QED) is 0.251. The monoisotopic (exact) mass is 497 g/mol. The molecule has 184 valence electrons. The van der Waals surface area contributed by atoms with Crippen LogP contribution in [0.2, 0.25) is 0 Å². The van der Waals surface area contributed by atoms with Crippen LogP contribution in [0.25, 0.3) is 38.1 Å². The summed E-state index contributed by atoms with van der Waals surface area (Å²) >= 11 is 0. The molecule has 4 aromatic rings. The Hall–Kier alpha value is -3.29. The number of nitrogens with zero attached hydrogens (tertiary/aromatic N) is 1. The van der Waals surface area contributed by atoms with Gasteiger partial charge in [-0.05, 0) is 62.5 Å². The van der Waals surface area contributed by atoms with Gasteiger partial charge in [0.1, 0.15) is 23.0 Å². The first-order chi connectivity index (χ1) is 16.0. The van der Waals surface area contributed by atoms with Crippen molar-refractivity contribution in [3.63, 3.8) is 0 Å². The highest BCUT2D eigenvalue weighted by Crippen LogP contribution is 2.51. The second kappa shape index (κ2) is 7.86. The zero-order chi connectivity index (χ0) is 24.9. The molecule has 0 fully saturated rings. The molecular formula is C27H28ClNO6. The van der Waals surface area contributed by atoms with E-state index < -0.39 is 27.8 Å². The Kier molecular flexibility index (Phi) is 5.58. The Morgan fingerprint density at radius 3 is 2.06 bits per heavy atom. The molecule has 0 radical (unpaired) electrons. The van der Waals surface area contributed by atoms with Crippen molar-refractivity contribution < 1.29 is 20.4 Å². The molecule has 1 aliphatic rings. The van der Waals surface area contributed by atoms with Crippen molar-refractivity contribution in [2.45, 2.75) is 46.6 Å². The fourth-order valence-corrected chi connectivity index (χ4v) is 5.63. The van der Waals surface area contributed by atoms with Crippen LogP contribution in [0.5, 0.6) is 17.2 Å². The number of phenols is 3. The van der Waals surface area contributed by atoms with Crippen molar-refractivity contribution in [3.8, 4) is 17.2 Å². The molecule has 0 heterocycles. The summed E-state index contributed by atoms with van der Waals surface area (Å²) in [7, 11) is 0. The van der Waals surface area contributed by atoms with Crippen LogP contribution in [-0.2, 0) is 12.0 Å². The lowest BCUT2D eigenvalue weighted by Gasteiger charge is -2.32. The average molecular weight is 498 g/mol. The molecule has 0 saturated carbocycles. The third kappa shape index (κ3) is 2.95. The highest BCUT2D eigenvalue weighted by atomic mass is 35.5. The highest BCUT2D eigenvalue weighted by molar-refractivity contribution is 6.29. The van der Waals surface area contributed by atoms with E-state index in [1.807, 2.05) is 18.7 Å². The van der Waals surface area contributed by atoms with Crippen LogP contribution in [0.1, 0.15) is 44.4 Å². The van der Waals surface area contributed by atoms with Crippen LogP contribution in [0, 0.1) is 6.92 Å². The van der Waals surface area contributed by atoms with E-state index in [0.717, 1.165) is 0 Å². The summed E-state index contributed by atoms with van der Waals surface area (Å²) in [5.41, 5.74) is -0.916. The average Bonchev–Trinajstić information content (AvgIpc) is 2.76. The third-order valence-corrected chi connectivity index (χ3v) is 7.57. The second-order valence-corrected chi connectivity index (χ2v) is 9.70. The minimum absolute atomic E-state index is 0. The summed E-state index contributed by atoms with van der Waals surface area (Å²) in [5.74, 6) is -1.13. The van der Waals surface area contributed by atoms with Crippen molar-refractivity contribution in [2.24, 2.45) is 0 Å². The summed E-state index contributed by atoms with van der Waals surface area (Å²) in [6.07, 6.45) is 0. The summed E-state index contributed by atoms with van der Waals surface area (Å²) in [6.45, 7) is 10.4. The Labute approximate surface area is 207 Å². The molecule has 0 unspecified atom stereocenters. The molecule has 35 heavy (non-hydrogen) atoms. The SMILES string of the molecule is CCN(CC)Cc1c(O)c2c(O)c3c(=O)cc(C)c4c(O)cc5c(c2c(c1=O)=C(O)C5(C)C)c43.Cl. The van der Waals surface area contributed by atoms with Gasteiger partial charge < -0.3 is 20.4 Å². The third-order valence-electron chi connectivity index (χ3n) is 7.57. The first kappa shape index (κ1) is 24.8. The second-order valence-electron chi connectivity index (χ2n) is 9.70. The number of aliphatic hydroxyl groups is 1. The molecule has 0 saturated heterocycles. The lowest BCUT2D eigenvalue weighted by Crippen LogP contribution is -2.40. The number of phenolic OH excluding ortho intramolecular Hbond substituents is 3. The van der Waals surface area contributed by atoms with Gasteiger partial charge in [-0.3, -0.25) is 14.5 Å². The molecule has 8 heteroatoms. The van der Waals surface area contributed by atoms with Crippen molar-refractivity contribution in [1.82, 2.24) is 4.90 Å². The van der Waals surface area contributed by atoms with E-state index in [1.54, 1.807) is 20.8 Å². The van der Waals surface area contributed by atoms with Gasteiger partial charge in [0.2, 0.25) is 0 Å². The van der Waals surface area contributed by atoms with E-state index in [2.05, 4.69) is 0 Å². The number of aromatic hydroxyl groups is 3. The van der Waals surface area contributed by atoms with Crippen molar-refractivity contribution >= 4 is 50.5 Å². The van der Waals surface area contributed by atoms with Gasteiger partial charge in [-0.15, -0.1) is 12.4 Å². The lowest BCUT2D eigenvalue weighted by atomic mass is 9.72. The summed E-state index contributed by atoms with van der Waals surface area (Å²) in [5, 5.41) is 46.3. The number of hydrogen-bond donors (Lipinski definition) is 4. The van der Waals surface area contributed by atoms with Crippen LogP contribution in [-0.4, -0.2) is 38.4 Å². The molecule has 0 amide bonds. The van der Waals surface area contributed by atoms with Crippen molar-refractivity contribution in [1.29, 1.82) is 0 Å². The van der Waals surface area contributed by atoms with Gasteiger partial charge in [0, 0.05) is 28.1 Å². The van der Waals surface area contributed by atoms with Crippen LogP contribution in [0.15, 0.2) is 21.7 Å². The molecular weight excluding hydrogens is 470 g/mol. The maximum atomic E-state index is 13.8. The number of aliphatic hydroxyl groups excluding tert-OH is 1. The Morgan fingerprint density at radius 2 is 1.46 bits per heavy atom. The molecule has 0 aromatic heterocycles. The maximum absolute atomic E-state index is 13.8. The van der Waals surface area contributed by atoms with E-state index >= 15 is 0 Å². The number of hydrogen-bond acceptors (Lipinski definition) is 7. The molecule has 0 atom stereocenters. The molecule has 0 bridgehead atoms. The van der Waals surface area contributed by atoms with Crippen LogP contribution >= 0.6 is 12.4 Å². The number of benzene rings is 4. The Bertz CT molecular complexity index is 1720. The normalized spacial score (nSPS) is 14.5. The summed E-state index contributed by atoms with van der Waals surface area (Å²) < 4.78 is 0. The minimum atomic E-state index is -1.06. The van der Waals surface area contributed by atoms with Crippen molar-refractivity contribution in [2.75, 3.05) is 13.1 Å². The largest absolute Gasteiger partial charge is 0.511 e. The molecule has 1 aliphatic carbocycles. The summed E-state index contributed by atoms with van der Waals surface area (Å²) in [4.78, 5) is 28.8. The fraction of sp³-hybridized carbons (Fsp3) is 0.333. The van der Waals surface area contributed by atoms with E-state index in [9.17, 15) is 30.0 Å². The van der Waals surface area contributed by atoms with E-state index in [-0.39, 0.29) is 57.4 Å². The van der Waals surface area contributed by atoms with Crippen LogP contribution < -0.4 is 16.1 Å². The standard InChI is InChI=1S/C27H27NO6.ClH/c1-6-28(7-2)10-12-23(31)21-20-17-13(27(4,5)26(34)22(20)24(12)32)9-15(30)16-11(3)8-14(29)18(19(16)17)25(21)33;/h8-9,30-31,33-34H,6-7,10H2,1-5H3;1H. The predicted molar refractivity (Wildman–Crippen MR) is 141 cm³/mol. The zero-order valence-corrected chi connectivity index (χ0v) is 21.1. The molecule has 4 N–H and O–H groups in total. The number of aryl methyl sites for hydroxylation is 1. The van der Waals surface area contributed by atoms with E-state index in [0.29, 0.717) is 40.4 Å². The number of halogens is 1. The van der Waals surface area contributed by atoms with Gasteiger partial charge in [-0.2, -0.15) is 0 Å². The van der Waals surface area contributed by atoms with Crippen LogP contribution in [0.4, 0.5) is 0 Å². The minimum Gasteiger partial charge on any atom is -0.511 e. The topological polar surface area (TPSA) is 118 Å². The zero-order valence-electron chi connectivity index (χ0n) is 20.2.